The fourth-order valence-corrected chi connectivity index (χ4v) is 4.69. The largest absolute Gasteiger partial charge is 0.483 e. The number of hydrogen-bond donors (Lipinski definition) is 1. The van der Waals surface area contributed by atoms with Gasteiger partial charge in [-0.1, -0.05) is 79.9 Å². The van der Waals surface area contributed by atoms with Crippen LogP contribution in [0.2, 0.25) is 0 Å². The minimum Gasteiger partial charge on any atom is -0.483 e. The van der Waals surface area contributed by atoms with Crippen LogP contribution < -0.4 is 10.1 Å². The van der Waals surface area contributed by atoms with E-state index in [1.807, 2.05) is 48.5 Å². The maximum absolute atomic E-state index is 13.4. The van der Waals surface area contributed by atoms with Gasteiger partial charge in [0.15, 0.2) is 6.61 Å². The van der Waals surface area contributed by atoms with Crippen molar-refractivity contribution in [2.75, 3.05) is 6.61 Å². The molecule has 1 N–H and O–H groups in total. The van der Waals surface area contributed by atoms with Crippen LogP contribution in [0.4, 0.5) is 0 Å². The molecule has 0 aromatic heterocycles. The Kier molecular flexibility index (Phi) is 8.57. The van der Waals surface area contributed by atoms with Crippen molar-refractivity contribution in [3.63, 3.8) is 0 Å². The van der Waals surface area contributed by atoms with Crippen LogP contribution in [0, 0.1) is 0 Å². The van der Waals surface area contributed by atoms with Crippen molar-refractivity contribution in [2.45, 2.75) is 77.4 Å². The van der Waals surface area contributed by atoms with Crippen LogP contribution in [0.25, 0.3) is 0 Å². The summed E-state index contributed by atoms with van der Waals surface area (Å²) < 4.78 is 6.93. The molecule has 1 aliphatic carbocycles. The van der Waals surface area contributed by atoms with Gasteiger partial charge in [-0.3, -0.25) is 9.59 Å². The number of amides is 2. The highest BCUT2D eigenvalue weighted by molar-refractivity contribution is 9.10. The zero-order valence-corrected chi connectivity index (χ0v) is 21.7. The van der Waals surface area contributed by atoms with E-state index in [-0.39, 0.29) is 29.9 Å². The molecular weight excluding hydrogens is 480 g/mol. The van der Waals surface area contributed by atoms with Crippen LogP contribution in [-0.4, -0.2) is 35.4 Å². The molecule has 1 saturated carbocycles. The Balaban J connectivity index is 1.76. The summed E-state index contributed by atoms with van der Waals surface area (Å²) in [5.41, 5.74) is 1.89. The first-order chi connectivity index (χ1) is 15.6. The van der Waals surface area contributed by atoms with Gasteiger partial charge in [0.2, 0.25) is 5.91 Å². The summed E-state index contributed by atoms with van der Waals surface area (Å²) in [6.07, 6.45) is 4.29. The molecule has 1 aliphatic rings. The highest BCUT2D eigenvalue weighted by atomic mass is 79.9. The number of rotatable bonds is 8. The molecule has 0 spiro atoms. The number of carbonyl (C=O) groups is 2. The first kappa shape index (κ1) is 25.3. The van der Waals surface area contributed by atoms with Gasteiger partial charge in [-0.05, 0) is 54.5 Å². The molecule has 2 aromatic rings. The van der Waals surface area contributed by atoms with Crippen LogP contribution in [0.15, 0.2) is 53.0 Å². The Morgan fingerprint density at radius 2 is 1.82 bits per heavy atom. The molecule has 0 unspecified atom stereocenters. The zero-order valence-electron chi connectivity index (χ0n) is 20.1. The second-order valence-electron chi connectivity index (χ2n) is 9.85. The minimum absolute atomic E-state index is 0.107. The Morgan fingerprint density at radius 3 is 2.48 bits per heavy atom. The number of hydrogen-bond acceptors (Lipinski definition) is 3. The maximum atomic E-state index is 13.4. The van der Waals surface area contributed by atoms with Crippen LogP contribution in [0.3, 0.4) is 0 Å². The van der Waals surface area contributed by atoms with E-state index in [1.165, 1.54) is 0 Å². The van der Waals surface area contributed by atoms with Crippen LogP contribution in [-0.2, 0) is 21.5 Å². The van der Waals surface area contributed by atoms with Gasteiger partial charge < -0.3 is 15.0 Å². The molecule has 178 valence electrons. The molecule has 1 fully saturated rings. The average Bonchev–Trinajstić information content (AvgIpc) is 3.28. The Morgan fingerprint density at radius 1 is 1.12 bits per heavy atom. The lowest BCUT2D eigenvalue weighted by atomic mass is 9.86. The van der Waals surface area contributed by atoms with E-state index in [0.29, 0.717) is 12.3 Å². The lowest BCUT2D eigenvalue weighted by Crippen LogP contribution is -2.50. The number of para-hydroxylation sites is 1. The van der Waals surface area contributed by atoms with Crippen molar-refractivity contribution in [1.82, 2.24) is 10.2 Å². The second-order valence-corrected chi connectivity index (χ2v) is 10.8. The number of nitrogens with zero attached hydrogens (tertiary/aromatic N) is 1. The topological polar surface area (TPSA) is 58.6 Å². The Hall–Kier alpha value is -2.34. The van der Waals surface area contributed by atoms with Gasteiger partial charge in [-0.25, -0.2) is 0 Å². The van der Waals surface area contributed by atoms with E-state index < -0.39 is 6.04 Å². The predicted octanol–water partition coefficient (Wildman–Crippen LogP) is 5.60. The van der Waals surface area contributed by atoms with Crippen LogP contribution in [0.5, 0.6) is 5.75 Å². The highest BCUT2D eigenvalue weighted by Crippen LogP contribution is 2.31. The summed E-state index contributed by atoms with van der Waals surface area (Å²) >= 11 is 3.49. The normalized spacial score (nSPS) is 15.2. The molecule has 5 nitrogen and oxygen atoms in total. The number of ether oxygens (including phenoxy) is 1. The SMILES string of the molecule is C[C@H](C(=O)NC1CCCC1)N(Cc1cccc(Br)c1)C(=O)COc1ccccc1C(C)(C)C. The molecule has 0 saturated heterocycles. The van der Waals surface area contributed by atoms with E-state index in [0.717, 1.165) is 41.3 Å². The lowest BCUT2D eigenvalue weighted by Gasteiger charge is -2.30. The first-order valence-corrected chi connectivity index (χ1v) is 12.5. The molecule has 0 radical (unpaired) electrons. The van der Waals surface area contributed by atoms with Gasteiger partial charge in [0.25, 0.3) is 5.91 Å². The highest BCUT2D eigenvalue weighted by Gasteiger charge is 2.29. The van der Waals surface area contributed by atoms with Crippen LogP contribution >= 0.6 is 15.9 Å². The van der Waals surface area contributed by atoms with E-state index in [2.05, 4.69) is 42.0 Å². The number of carbonyl (C=O) groups excluding carboxylic acids is 2. The molecule has 1 atom stereocenters. The second kappa shape index (κ2) is 11.2. The van der Waals surface area contributed by atoms with Crippen molar-refractivity contribution in [2.24, 2.45) is 0 Å². The summed E-state index contributed by atoms with van der Waals surface area (Å²) in [6.45, 7) is 8.36. The van der Waals surface area contributed by atoms with Crippen molar-refractivity contribution in [3.8, 4) is 5.75 Å². The smallest absolute Gasteiger partial charge is 0.261 e. The zero-order chi connectivity index (χ0) is 24.0. The summed E-state index contributed by atoms with van der Waals surface area (Å²) in [7, 11) is 0. The third-order valence-electron chi connectivity index (χ3n) is 6.16. The summed E-state index contributed by atoms with van der Waals surface area (Å²) in [5.74, 6) is 0.372. The van der Waals surface area contributed by atoms with Gasteiger partial charge in [0.1, 0.15) is 11.8 Å². The standard InChI is InChI=1S/C27H35BrN2O3/c1-19(26(32)29-22-12-5-6-13-22)30(17-20-10-9-11-21(28)16-20)25(31)18-33-24-15-8-7-14-23(24)27(2,3)4/h7-11,14-16,19,22H,5-6,12-13,17-18H2,1-4H3,(H,29,32)/t19-/m1/s1. The predicted molar refractivity (Wildman–Crippen MR) is 135 cm³/mol. The average molecular weight is 515 g/mol. The van der Waals surface area contributed by atoms with Crippen LogP contribution in [0.1, 0.15) is 64.5 Å². The van der Waals surface area contributed by atoms with Crippen molar-refractivity contribution in [3.05, 3.63) is 64.1 Å². The summed E-state index contributed by atoms with van der Waals surface area (Å²) in [5, 5.41) is 3.13. The van der Waals surface area contributed by atoms with Crippen molar-refractivity contribution < 1.29 is 14.3 Å². The van der Waals surface area contributed by atoms with Gasteiger partial charge in [-0.2, -0.15) is 0 Å². The van der Waals surface area contributed by atoms with Gasteiger partial charge in [-0.15, -0.1) is 0 Å². The van der Waals surface area contributed by atoms with Crippen molar-refractivity contribution in [1.29, 1.82) is 0 Å². The fourth-order valence-electron chi connectivity index (χ4n) is 4.24. The van der Waals surface area contributed by atoms with Gasteiger partial charge in [0.05, 0.1) is 0 Å². The molecule has 0 bridgehead atoms. The molecule has 0 aliphatic heterocycles. The first-order valence-electron chi connectivity index (χ1n) is 11.7. The minimum atomic E-state index is -0.599. The molecular formula is C27H35BrN2O3. The van der Waals surface area contributed by atoms with Crippen molar-refractivity contribution >= 4 is 27.7 Å². The Labute approximate surface area is 206 Å². The third-order valence-corrected chi connectivity index (χ3v) is 6.65. The molecule has 3 rings (SSSR count). The van der Waals surface area contributed by atoms with E-state index in [4.69, 9.17) is 4.74 Å². The number of nitrogens with one attached hydrogen (secondary N) is 1. The van der Waals surface area contributed by atoms with Gasteiger partial charge in [0, 0.05) is 17.1 Å². The van der Waals surface area contributed by atoms with E-state index in [9.17, 15) is 9.59 Å². The molecule has 2 amide bonds. The quantitative estimate of drug-likeness (QED) is 0.498. The molecule has 33 heavy (non-hydrogen) atoms. The Bertz CT molecular complexity index is 964. The molecule has 2 aromatic carbocycles. The summed E-state index contributed by atoms with van der Waals surface area (Å²) in [4.78, 5) is 28.0. The number of benzene rings is 2. The lowest BCUT2D eigenvalue weighted by molar-refractivity contribution is -0.142. The fraction of sp³-hybridized carbons (Fsp3) is 0.481. The monoisotopic (exact) mass is 514 g/mol. The van der Waals surface area contributed by atoms with E-state index >= 15 is 0 Å². The summed E-state index contributed by atoms with van der Waals surface area (Å²) in [6, 6.07) is 15.2. The third kappa shape index (κ3) is 7.07. The maximum Gasteiger partial charge on any atom is 0.261 e. The molecule has 6 heteroatoms. The van der Waals surface area contributed by atoms with E-state index in [1.54, 1.807) is 11.8 Å². The number of halogens is 1. The van der Waals surface area contributed by atoms with Gasteiger partial charge >= 0.3 is 0 Å². The molecule has 0 heterocycles.